The maximum absolute atomic E-state index is 3.72. The van der Waals surface area contributed by atoms with Crippen LogP contribution in [0.1, 0.15) is 51.4 Å². The van der Waals surface area contributed by atoms with Crippen LogP contribution in [0.15, 0.2) is 0 Å². The van der Waals surface area contributed by atoms with E-state index in [9.17, 15) is 0 Å². The molecule has 0 radical (unpaired) electrons. The standard InChI is InChI=1S/C11H21N/c1-2-8-11(12-9-5-1)10-6-3-4-7-10/h10-12H,1-9H2/t11-/m0/s1. The van der Waals surface area contributed by atoms with Gasteiger partial charge in [0.05, 0.1) is 0 Å². The molecule has 12 heavy (non-hydrogen) atoms. The lowest BCUT2D eigenvalue weighted by atomic mass is 9.94. The zero-order valence-electron chi connectivity index (χ0n) is 8.02. The van der Waals surface area contributed by atoms with Crippen molar-refractivity contribution in [3.8, 4) is 0 Å². The van der Waals surface area contributed by atoms with Crippen LogP contribution >= 0.6 is 0 Å². The van der Waals surface area contributed by atoms with Crippen molar-refractivity contribution in [2.45, 2.75) is 57.4 Å². The molecule has 2 fully saturated rings. The molecule has 0 bridgehead atoms. The van der Waals surface area contributed by atoms with E-state index in [1.165, 1.54) is 57.9 Å². The van der Waals surface area contributed by atoms with Crippen molar-refractivity contribution in [2.24, 2.45) is 5.92 Å². The molecular formula is C11H21N. The Morgan fingerprint density at radius 3 is 2.33 bits per heavy atom. The maximum atomic E-state index is 3.72. The smallest absolute Gasteiger partial charge is 0.00953 e. The van der Waals surface area contributed by atoms with Gasteiger partial charge in [0.15, 0.2) is 0 Å². The van der Waals surface area contributed by atoms with Crippen LogP contribution in [0.2, 0.25) is 0 Å². The van der Waals surface area contributed by atoms with E-state index in [4.69, 9.17) is 0 Å². The van der Waals surface area contributed by atoms with E-state index < -0.39 is 0 Å². The Bertz CT molecular complexity index is 119. The van der Waals surface area contributed by atoms with Crippen molar-refractivity contribution < 1.29 is 0 Å². The summed E-state index contributed by atoms with van der Waals surface area (Å²) in [6.07, 6.45) is 11.7. The fourth-order valence-electron chi connectivity index (χ4n) is 2.82. The Hall–Kier alpha value is -0.0400. The lowest BCUT2D eigenvalue weighted by Crippen LogP contribution is -2.34. The predicted molar refractivity (Wildman–Crippen MR) is 52.2 cm³/mol. The van der Waals surface area contributed by atoms with E-state index >= 15 is 0 Å². The third kappa shape index (κ3) is 2.01. The van der Waals surface area contributed by atoms with Gasteiger partial charge in [-0.05, 0) is 38.1 Å². The monoisotopic (exact) mass is 167 g/mol. The summed E-state index contributed by atoms with van der Waals surface area (Å²) < 4.78 is 0. The molecule has 0 aromatic rings. The second-order valence-corrected chi connectivity index (χ2v) is 4.45. The highest BCUT2D eigenvalue weighted by atomic mass is 14.9. The molecule has 1 atom stereocenters. The quantitative estimate of drug-likeness (QED) is 0.633. The molecule has 0 amide bonds. The highest BCUT2D eigenvalue weighted by Gasteiger charge is 2.24. The fraction of sp³-hybridized carbons (Fsp3) is 1.00. The van der Waals surface area contributed by atoms with Gasteiger partial charge in [-0.1, -0.05) is 25.7 Å². The normalized spacial score (nSPS) is 33.5. The van der Waals surface area contributed by atoms with Gasteiger partial charge in [0.1, 0.15) is 0 Å². The van der Waals surface area contributed by atoms with Crippen molar-refractivity contribution in [1.29, 1.82) is 0 Å². The minimum absolute atomic E-state index is 0.884. The molecule has 1 aliphatic heterocycles. The molecule has 70 valence electrons. The van der Waals surface area contributed by atoms with E-state index in [-0.39, 0.29) is 0 Å². The van der Waals surface area contributed by atoms with E-state index in [2.05, 4.69) is 5.32 Å². The van der Waals surface area contributed by atoms with Gasteiger partial charge in [0.25, 0.3) is 0 Å². The summed E-state index contributed by atoms with van der Waals surface area (Å²) in [4.78, 5) is 0. The van der Waals surface area contributed by atoms with Crippen molar-refractivity contribution >= 4 is 0 Å². The van der Waals surface area contributed by atoms with Crippen LogP contribution in [0.3, 0.4) is 0 Å². The van der Waals surface area contributed by atoms with Crippen molar-refractivity contribution in [1.82, 2.24) is 5.32 Å². The summed E-state index contributed by atoms with van der Waals surface area (Å²) in [6, 6.07) is 0.884. The third-order valence-corrected chi connectivity index (χ3v) is 3.57. The minimum atomic E-state index is 0.884. The Labute approximate surface area is 75.9 Å². The van der Waals surface area contributed by atoms with Gasteiger partial charge in [0.2, 0.25) is 0 Å². The fourth-order valence-corrected chi connectivity index (χ4v) is 2.82. The van der Waals surface area contributed by atoms with Crippen LogP contribution in [-0.2, 0) is 0 Å². The predicted octanol–water partition coefficient (Wildman–Crippen LogP) is 2.71. The van der Waals surface area contributed by atoms with Crippen molar-refractivity contribution in [3.63, 3.8) is 0 Å². The Morgan fingerprint density at radius 2 is 1.50 bits per heavy atom. The summed E-state index contributed by atoms with van der Waals surface area (Å²) >= 11 is 0. The molecule has 1 heteroatoms. The Balaban J connectivity index is 1.83. The molecule has 0 spiro atoms. The largest absolute Gasteiger partial charge is 0.314 e. The minimum Gasteiger partial charge on any atom is -0.314 e. The van der Waals surface area contributed by atoms with E-state index in [0.29, 0.717) is 0 Å². The number of hydrogen-bond donors (Lipinski definition) is 1. The molecule has 1 N–H and O–H groups in total. The first kappa shape index (κ1) is 8.55. The van der Waals surface area contributed by atoms with Gasteiger partial charge in [0, 0.05) is 6.04 Å². The zero-order valence-corrected chi connectivity index (χ0v) is 8.02. The van der Waals surface area contributed by atoms with Crippen LogP contribution in [0.25, 0.3) is 0 Å². The molecule has 1 nitrogen and oxygen atoms in total. The van der Waals surface area contributed by atoms with Crippen LogP contribution < -0.4 is 5.32 Å². The lowest BCUT2D eigenvalue weighted by Gasteiger charge is -2.22. The van der Waals surface area contributed by atoms with Crippen LogP contribution in [0, 0.1) is 5.92 Å². The molecule has 1 saturated carbocycles. The summed E-state index contributed by atoms with van der Waals surface area (Å²) in [5.41, 5.74) is 0. The summed E-state index contributed by atoms with van der Waals surface area (Å²) in [5, 5.41) is 3.72. The molecule has 1 saturated heterocycles. The molecule has 0 aromatic heterocycles. The first-order valence-corrected chi connectivity index (χ1v) is 5.70. The first-order valence-electron chi connectivity index (χ1n) is 5.70. The van der Waals surface area contributed by atoms with Crippen molar-refractivity contribution in [3.05, 3.63) is 0 Å². The van der Waals surface area contributed by atoms with Crippen molar-refractivity contribution in [2.75, 3.05) is 6.54 Å². The molecule has 2 aliphatic rings. The molecule has 0 unspecified atom stereocenters. The number of nitrogens with one attached hydrogen (secondary N) is 1. The summed E-state index contributed by atoms with van der Waals surface area (Å²) in [6.45, 7) is 1.28. The second kappa shape index (κ2) is 4.27. The SMILES string of the molecule is C1CCN[C@H](C2CCCC2)CC1. The summed E-state index contributed by atoms with van der Waals surface area (Å²) in [7, 11) is 0. The highest BCUT2D eigenvalue weighted by Crippen LogP contribution is 2.30. The molecule has 1 aliphatic carbocycles. The van der Waals surface area contributed by atoms with Crippen LogP contribution in [0.4, 0.5) is 0 Å². The van der Waals surface area contributed by atoms with Gasteiger partial charge < -0.3 is 5.32 Å². The van der Waals surface area contributed by atoms with Crippen LogP contribution in [-0.4, -0.2) is 12.6 Å². The van der Waals surface area contributed by atoms with Crippen LogP contribution in [0.5, 0.6) is 0 Å². The van der Waals surface area contributed by atoms with Gasteiger partial charge in [-0.25, -0.2) is 0 Å². The van der Waals surface area contributed by atoms with Gasteiger partial charge in [-0.2, -0.15) is 0 Å². The Kier molecular flexibility index (Phi) is 3.04. The van der Waals surface area contributed by atoms with Gasteiger partial charge in [-0.3, -0.25) is 0 Å². The molecule has 1 heterocycles. The van der Waals surface area contributed by atoms with Gasteiger partial charge in [-0.15, -0.1) is 0 Å². The molecule has 0 aromatic carbocycles. The molecule has 2 rings (SSSR count). The van der Waals surface area contributed by atoms with E-state index in [1.54, 1.807) is 0 Å². The number of rotatable bonds is 1. The maximum Gasteiger partial charge on any atom is 0.00953 e. The zero-order chi connectivity index (χ0) is 8.23. The topological polar surface area (TPSA) is 12.0 Å². The first-order chi connectivity index (χ1) is 5.97. The summed E-state index contributed by atoms with van der Waals surface area (Å²) in [5.74, 6) is 1.03. The highest BCUT2D eigenvalue weighted by molar-refractivity contribution is 4.81. The molecular weight excluding hydrogens is 146 g/mol. The Morgan fingerprint density at radius 1 is 0.750 bits per heavy atom. The van der Waals surface area contributed by atoms with Gasteiger partial charge >= 0.3 is 0 Å². The average molecular weight is 167 g/mol. The number of hydrogen-bond acceptors (Lipinski definition) is 1. The third-order valence-electron chi connectivity index (χ3n) is 3.57. The lowest BCUT2D eigenvalue weighted by molar-refractivity contribution is 0.353. The van der Waals surface area contributed by atoms with E-state index in [1.807, 2.05) is 0 Å². The average Bonchev–Trinajstić information content (AvgIpc) is 2.48. The second-order valence-electron chi connectivity index (χ2n) is 4.45. The van der Waals surface area contributed by atoms with E-state index in [0.717, 1.165) is 12.0 Å².